The maximum atomic E-state index is 13.2. The first-order chi connectivity index (χ1) is 16.1. The molecule has 34 heavy (non-hydrogen) atoms. The highest BCUT2D eigenvalue weighted by Gasteiger charge is 2.49. The van der Waals surface area contributed by atoms with Crippen LogP contribution in [0.4, 0.5) is 10.5 Å². The molecular formula is C25H24N4O5. The van der Waals surface area contributed by atoms with Crippen molar-refractivity contribution in [3.63, 3.8) is 0 Å². The van der Waals surface area contributed by atoms with E-state index in [4.69, 9.17) is 0 Å². The Morgan fingerprint density at radius 2 is 1.71 bits per heavy atom. The lowest BCUT2D eigenvalue weighted by Crippen LogP contribution is -2.41. The van der Waals surface area contributed by atoms with Gasteiger partial charge in [0.1, 0.15) is 5.54 Å². The molecule has 0 spiro atoms. The Bertz CT molecular complexity index is 1300. The molecule has 1 aliphatic rings. The van der Waals surface area contributed by atoms with Crippen LogP contribution >= 0.6 is 0 Å². The molecule has 9 nitrogen and oxygen atoms in total. The lowest BCUT2D eigenvalue weighted by atomic mass is 9.92. The number of carbonyl (C=O) groups excluding carboxylic acids is 3. The smallest absolute Gasteiger partial charge is 0.325 e. The zero-order valence-corrected chi connectivity index (χ0v) is 19.1. The molecule has 2 aromatic carbocycles. The van der Waals surface area contributed by atoms with Gasteiger partial charge in [0, 0.05) is 35.6 Å². The van der Waals surface area contributed by atoms with Crippen molar-refractivity contribution >= 4 is 23.4 Å². The minimum absolute atomic E-state index is 0.123. The molecule has 1 unspecified atom stereocenters. The van der Waals surface area contributed by atoms with Gasteiger partial charge in [-0.15, -0.1) is 0 Å². The van der Waals surface area contributed by atoms with Gasteiger partial charge >= 0.3 is 6.03 Å². The second kappa shape index (κ2) is 8.58. The first kappa shape index (κ1) is 22.9. The van der Waals surface area contributed by atoms with Gasteiger partial charge in [0.15, 0.2) is 5.78 Å². The van der Waals surface area contributed by atoms with Gasteiger partial charge in [-0.25, -0.2) is 4.79 Å². The van der Waals surface area contributed by atoms with Gasteiger partial charge in [-0.05, 0) is 50.1 Å². The molecule has 0 bridgehead atoms. The summed E-state index contributed by atoms with van der Waals surface area (Å²) in [5.41, 5.74) is 2.06. The molecule has 0 aliphatic carbocycles. The van der Waals surface area contributed by atoms with Crippen molar-refractivity contribution in [1.82, 2.24) is 14.8 Å². The molecule has 174 valence electrons. The van der Waals surface area contributed by atoms with Crippen molar-refractivity contribution in [2.45, 2.75) is 32.9 Å². The van der Waals surface area contributed by atoms with E-state index >= 15 is 0 Å². The Balaban J connectivity index is 1.54. The van der Waals surface area contributed by atoms with E-state index in [1.807, 2.05) is 48.7 Å². The average molecular weight is 460 g/mol. The molecule has 1 fully saturated rings. The number of nitrogens with one attached hydrogen (secondary N) is 1. The number of hydrogen-bond acceptors (Lipinski definition) is 5. The van der Waals surface area contributed by atoms with Gasteiger partial charge in [0.25, 0.3) is 11.6 Å². The fourth-order valence-corrected chi connectivity index (χ4v) is 4.27. The van der Waals surface area contributed by atoms with Crippen molar-refractivity contribution in [3.05, 3.63) is 98.9 Å². The second-order valence-corrected chi connectivity index (χ2v) is 8.53. The summed E-state index contributed by atoms with van der Waals surface area (Å²) < 4.78 is 2.02. The predicted octanol–water partition coefficient (Wildman–Crippen LogP) is 3.71. The van der Waals surface area contributed by atoms with Crippen LogP contribution in [0.25, 0.3) is 0 Å². The van der Waals surface area contributed by atoms with Gasteiger partial charge in [-0.1, -0.05) is 30.3 Å². The SMILES string of the molecule is Cc1cc(C(=O)CN2C(=O)NC(C)(c3ccc([N+](=O)[O-])cc3)C2=O)c(C)n1Cc1ccccc1. The van der Waals surface area contributed by atoms with Crippen LogP contribution in [0.3, 0.4) is 0 Å². The molecule has 3 amide bonds. The van der Waals surface area contributed by atoms with Crippen molar-refractivity contribution in [3.8, 4) is 0 Å². The molecule has 0 radical (unpaired) electrons. The number of aromatic nitrogens is 1. The van der Waals surface area contributed by atoms with Gasteiger partial charge in [-0.2, -0.15) is 0 Å². The monoisotopic (exact) mass is 460 g/mol. The Morgan fingerprint density at radius 3 is 2.32 bits per heavy atom. The Hall–Kier alpha value is -4.27. The van der Waals surface area contributed by atoms with E-state index in [-0.39, 0.29) is 11.5 Å². The maximum Gasteiger partial charge on any atom is 0.325 e. The third-order valence-corrected chi connectivity index (χ3v) is 6.29. The van der Waals surface area contributed by atoms with Crippen LogP contribution in [0, 0.1) is 24.0 Å². The number of non-ortho nitro benzene ring substituents is 1. The first-order valence-electron chi connectivity index (χ1n) is 10.7. The summed E-state index contributed by atoms with van der Waals surface area (Å²) in [6.45, 7) is 5.47. The molecule has 3 aromatic rings. The summed E-state index contributed by atoms with van der Waals surface area (Å²) in [5.74, 6) is -0.929. The molecular weight excluding hydrogens is 436 g/mol. The number of aryl methyl sites for hydroxylation is 1. The Morgan fingerprint density at radius 1 is 1.06 bits per heavy atom. The normalized spacial score (nSPS) is 17.7. The van der Waals surface area contributed by atoms with Crippen LogP contribution in [-0.2, 0) is 16.9 Å². The van der Waals surface area contributed by atoms with E-state index in [1.54, 1.807) is 6.07 Å². The number of hydrogen-bond donors (Lipinski definition) is 1. The molecule has 2 heterocycles. The lowest BCUT2D eigenvalue weighted by Gasteiger charge is -2.22. The number of benzene rings is 2. The van der Waals surface area contributed by atoms with E-state index in [0.717, 1.165) is 21.9 Å². The van der Waals surface area contributed by atoms with E-state index in [0.29, 0.717) is 17.7 Å². The zero-order valence-electron chi connectivity index (χ0n) is 19.1. The van der Waals surface area contributed by atoms with E-state index in [9.17, 15) is 24.5 Å². The number of ketones is 1. The summed E-state index contributed by atoms with van der Waals surface area (Å²) in [4.78, 5) is 50.2. The lowest BCUT2D eigenvalue weighted by molar-refractivity contribution is -0.384. The number of amides is 3. The van der Waals surface area contributed by atoms with E-state index < -0.39 is 28.9 Å². The van der Waals surface area contributed by atoms with Crippen molar-refractivity contribution < 1.29 is 19.3 Å². The van der Waals surface area contributed by atoms with Crippen LogP contribution in [0.1, 0.15) is 39.8 Å². The van der Waals surface area contributed by atoms with Gasteiger partial charge < -0.3 is 9.88 Å². The van der Waals surface area contributed by atoms with Gasteiger partial charge in [0.05, 0.1) is 11.5 Å². The summed E-state index contributed by atoms with van der Waals surface area (Å²) in [6, 6.07) is 16.4. The molecule has 4 rings (SSSR count). The Labute approximate surface area is 196 Å². The molecule has 1 aromatic heterocycles. The minimum atomic E-state index is -1.42. The highest BCUT2D eigenvalue weighted by atomic mass is 16.6. The van der Waals surface area contributed by atoms with Crippen LogP contribution in [0.2, 0.25) is 0 Å². The van der Waals surface area contributed by atoms with E-state index in [1.165, 1.54) is 31.2 Å². The highest BCUT2D eigenvalue weighted by molar-refractivity contribution is 6.11. The molecule has 1 atom stereocenters. The van der Waals surface area contributed by atoms with Crippen molar-refractivity contribution in [2.75, 3.05) is 6.54 Å². The fraction of sp³-hybridized carbons (Fsp3) is 0.240. The number of rotatable bonds is 7. The number of Topliss-reactive ketones (excluding diaryl/α,β-unsaturated/α-hetero) is 1. The second-order valence-electron chi connectivity index (χ2n) is 8.53. The summed E-state index contributed by atoms with van der Waals surface area (Å²) in [5, 5.41) is 13.5. The average Bonchev–Trinajstić information content (AvgIpc) is 3.22. The summed E-state index contributed by atoms with van der Waals surface area (Å²) >= 11 is 0. The maximum absolute atomic E-state index is 13.2. The standard InChI is InChI=1S/C25H24N4O5/c1-16-13-21(17(2)27(16)14-18-7-5-4-6-8-18)22(30)15-28-23(31)25(3,26-24(28)32)19-9-11-20(12-10-19)29(33)34/h4-13H,14-15H2,1-3H3,(H,26,32). The number of nitro benzene ring substituents is 1. The fourth-order valence-electron chi connectivity index (χ4n) is 4.27. The van der Waals surface area contributed by atoms with Crippen LogP contribution < -0.4 is 5.32 Å². The highest BCUT2D eigenvalue weighted by Crippen LogP contribution is 2.30. The molecule has 0 saturated carbocycles. The van der Waals surface area contributed by atoms with Gasteiger partial charge in [-0.3, -0.25) is 24.6 Å². The molecule has 1 aliphatic heterocycles. The third-order valence-electron chi connectivity index (χ3n) is 6.29. The quantitative estimate of drug-likeness (QED) is 0.250. The van der Waals surface area contributed by atoms with Gasteiger partial charge in [0.2, 0.25) is 0 Å². The van der Waals surface area contributed by atoms with E-state index in [2.05, 4.69) is 5.32 Å². The van der Waals surface area contributed by atoms with Crippen molar-refractivity contribution in [2.24, 2.45) is 0 Å². The number of urea groups is 1. The van der Waals surface area contributed by atoms with Crippen LogP contribution in [-0.4, -0.2) is 38.7 Å². The van der Waals surface area contributed by atoms with Crippen LogP contribution in [0.15, 0.2) is 60.7 Å². The first-order valence-corrected chi connectivity index (χ1v) is 10.7. The van der Waals surface area contributed by atoms with Crippen molar-refractivity contribution in [1.29, 1.82) is 0 Å². The predicted molar refractivity (Wildman–Crippen MR) is 124 cm³/mol. The zero-order chi connectivity index (χ0) is 24.6. The number of nitrogens with zero attached hydrogens (tertiary/aromatic N) is 3. The third kappa shape index (κ3) is 3.96. The topological polar surface area (TPSA) is 115 Å². The largest absolute Gasteiger partial charge is 0.344 e. The molecule has 1 saturated heterocycles. The number of imide groups is 1. The summed E-state index contributed by atoms with van der Waals surface area (Å²) in [6.07, 6.45) is 0. The summed E-state index contributed by atoms with van der Waals surface area (Å²) in [7, 11) is 0. The minimum Gasteiger partial charge on any atom is -0.344 e. The Kier molecular flexibility index (Phi) is 5.78. The number of carbonyl (C=O) groups is 3. The number of nitro groups is 1. The van der Waals surface area contributed by atoms with Crippen LogP contribution in [0.5, 0.6) is 0 Å². The molecule has 1 N–H and O–H groups in total. The molecule has 9 heteroatoms.